The second-order valence-electron chi connectivity index (χ2n) is 4.58. The van der Waals surface area contributed by atoms with E-state index in [0.29, 0.717) is 17.4 Å². The Kier molecular flexibility index (Phi) is 2.02. The molecule has 0 N–H and O–H groups in total. The summed E-state index contributed by atoms with van der Waals surface area (Å²) < 4.78 is 5.54. The van der Waals surface area contributed by atoms with Gasteiger partial charge in [0.05, 0.1) is 0 Å². The summed E-state index contributed by atoms with van der Waals surface area (Å²) in [5, 5.41) is 0. The molecule has 0 radical (unpaired) electrons. The second kappa shape index (κ2) is 2.97. The molecule has 0 aliphatic heterocycles. The molecule has 0 aromatic carbocycles. The smallest absolute Gasteiger partial charge is 0.333 e. The highest BCUT2D eigenvalue weighted by Gasteiger charge is 2.49. The Morgan fingerprint density at radius 3 is 2.79 bits per heavy atom. The van der Waals surface area contributed by atoms with Crippen molar-refractivity contribution < 1.29 is 9.53 Å². The standard InChI is InChI=1S/C12H16O2/c1-8(2)11(13)14-12-5-4-10(7-12)6-9(12)3/h4-5,9-10H,1,6-7H2,2-3H3. The molecule has 2 nitrogen and oxygen atoms in total. The zero-order valence-corrected chi connectivity index (χ0v) is 8.75. The molecule has 2 bridgehead atoms. The molecular weight excluding hydrogens is 176 g/mol. The van der Waals surface area contributed by atoms with Gasteiger partial charge < -0.3 is 4.74 Å². The third kappa shape index (κ3) is 1.29. The highest BCUT2D eigenvalue weighted by Crippen LogP contribution is 2.49. The van der Waals surface area contributed by atoms with Crippen molar-refractivity contribution in [3.63, 3.8) is 0 Å². The summed E-state index contributed by atoms with van der Waals surface area (Å²) in [6.45, 7) is 7.44. The number of ether oxygens (including phenoxy) is 1. The van der Waals surface area contributed by atoms with E-state index in [4.69, 9.17) is 4.74 Å². The Labute approximate surface area is 84.6 Å². The lowest BCUT2D eigenvalue weighted by Gasteiger charge is -2.29. The van der Waals surface area contributed by atoms with Gasteiger partial charge in [0.15, 0.2) is 0 Å². The van der Waals surface area contributed by atoms with Crippen LogP contribution in [-0.4, -0.2) is 11.6 Å². The van der Waals surface area contributed by atoms with Gasteiger partial charge in [-0.3, -0.25) is 0 Å². The van der Waals surface area contributed by atoms with Gasteiger partial charge in [0.1, 0.15) is 5.60 Å². The van der Waals surface area contributed by atoms with Gasteiger partial charge in [-0.25, -0.2) is 4.79 Å². The van der Waals surface area contributed by atoms with E-state index >= 15 is 0 Å². The molecule has 0 saturated heterocycles. The minimum absolute atomic E-state index is 0.260. The zero-order chi connectivity index (χ0) is 10.3. The van der Waals surface area contributed by atoms with Crippen LogP contribution in [0, 0.1) is 11.8 Å². The normalized spacial score (nSPS) is 38.7. The van der Waals surface area contributed by atoms with E-state index in [0.717, 1.165) is 12.8 Å². The minimum Gasteiger partial charge on any atom is -0.451 e. The Hall–Kier alpha value is -1.05. The van der Waals surface area contributed by atoms with Gasteiger partial charge >= 0.3 is 5.97 Å². The molecule has 0 aromatic rings. The van der Waals surface area contributed by atoms with Gasteiger partial charge in [-0.1, -0.05) is 19.6 Å². The molecule has 0 amide bonds. The first-order valence-corrected chi connectivity index (χ1v) is 5.12. The molecule has 2 rings (SSSR count). The summed E-state index contributed by atoms with van der Waals surface area (Å²) >= 11 is 0. The topological polar surface area (TPSA) is 26.3 Å². The molecule has 14 heavy (non-hydrogen) atoms. The van der Waals surface area contributed by atoms with Crippen molar-refractivity contribution in [2.24, 2.45) is 11.8 Å². The fourth-order valence-electron chi connectivity index (χ4n) is 2.46. The highest BCUT2D eigenvalue weighted by molar-refractivity contribution is 5.87. The van der Waals surface area contributed by atoms with Crippen LogP contribution in [0.5, 0.6) is 0 Å². The van der Waals surface area contributed by atoms with E-state index in [2.05, 4.69) is 25.7 Å². The molecule has 76 valence electrons. The number of carbonyl (C=O) groups excluding carboxylic acids is 1. The van der Waals surface area contributed by atoms with E-state index in [9.17, 15) is 4.79 Å². The molecule has 0 heterocycles. The third-order valence-electron chi connectivity index (χ3n) is 3.35. The van der Waals surface area contributed by atoms with Gasteiger partial charge in [0, 0.05) is 11.5 Å². The predicted molar refractivity (Wildman–Crippen MR) is 54.7 cm³/mol. The van der Waals surface area contributed by atoms with E-state index in [1.807, 2.05) is 0 Å². The molecule has 2 heteroatoms. The molecular formula is C12H16O2. The van der Waals surface area contributed by atoms with Crippen molar-refractivity contribution in [3.05, 3.63) is 24.3 Å². The zero-order valence-electron chi connectivity index (χ0n) is 8.75. The Morgan fingerprint density at radius 2 is 2.36 bits per heavy atom. The predicted octanol–water partition coefficient (Wildman–Crippen LogP) is 2.46. The van der Waals surface area contributed by atoms with Gasteiger partial charge in [-0.2, -0.15) is 0 Å². The molecule has 1 saturated carbocycles. The van der Waals surface area contributed by atoms with Gasteiger partial charge in [0.2, 0.25) is 0 Å². The average Bonchev–Trinajstić information content (AvgIpc) is 2.60. The molecule has 1 fully saturated rings. The summed E-state index contributed by atoms with van der Waals surface area (Å²) in [5.74, 6) is 0.799. The van der Waals surface area contributed by atoms with Gasteiger partial charge in [0.25, 0.3) is 0 Å². The summed E-state index contributed by atoms with van der Waals surface area (Å²) in [7, 11) is 0. The number of rotatable bonds is 2. The van der Waals surface area contributed by atoms with Gasteiger partial charge in [-0.05, 0) is 31.8 Å². The van der Waals surface area contributed by atoms with Crippen molar-refractivity contribution in [1.29, 1.82) is 0 Å². The largest absolute Gasteiger partial charge is 0.451 e. The van der Waals surface area contributed by atoms with Crippen LogP contribution in [0.3, 0.4) is 0 Å². The summed E-state index contributed by atoms with van der Waals surface area (Å²) in [5.41, 5.74) is 0.163. The SMILES string of the molecule is C=C(C)C(=O)OC12C=CC(CC1C)C2. The first-order chi connectivity index (χ1) is 6.53. The summed E-state index contributed by atoms with van der Waals surface area (Å²) in [4.78, 5) is 11.5. The highest BCUT2D eigenvalue weighted by atomic mass is 16.6. The monoisotopic (exact) mass is 192 g/mol. The van der Waals surface area contributed by atoms with Crippen LogP contribution in [0.25, 0.3) is 0 Å². The van der Waals surface area contributed by atoms with Crippen LogP contribution in [0.4, 0.5) is 0 Å². The second-order valence-corrected chi connectivity index (χ2v) is 4.58. The van der Waals surface area contributed by atoms with Crippen LogP contribution >= 0.6 is 0 Å². The third-order valence-corrected chi connectivity index (χ3v) is 3.35. The van der Waals surface area contributed by atoms with Crippen molar-refractivity contribution in [2.75, 3.05) is 0 Å². The van der Waals surface area contributed by atoms with E-state index in [1.54, 1.807) is 6.92 Å². The van der Waals surface area contributed by atoms with E-state index in [-0.39, 0.29) is 11.6 Å². The average molecular weight is 192 g/mol. The molecule has 0 aromatic heterocycles. The first kappa shape index (κ1) is 9.50. The number of carbonyl (C=O) groups is 1. The number of hydrogen-bond acceptors (Lipinski definition) is 2. The minimum atomic E-state index is -0.319. The first-order valence-electron chi connectivity index (χ1n) is 5.12. The maximum absolute atomic E-state index is 11.5. The summed E-state index contributed by atoms with van der Waals surface area (Å²) in [6, 6.07) is 0. The number of allylic oxidation sites excluding steroid dienone is 1. The van der Waals surface area contributed by atoms with Crippen molar-refractivity contribution in [3.8, 4) is 0 Å². The quantitative estimate of drug-likeness (QED) is 0.381. The van der Waals surface area contributed by atoms with Gasteiger partial charge in [-0.15, -0.1) is 0 Å². The Bertz CT molecular complexity index is 316. The molecule has 3 atom stereocenters. The summed E-state index contributed by atoms with van der Waals surface area (Å²) in [6.07, 6.45) is 6.34. The van der Waals surface area contributed by atoms with Crippen LogP contribution in [0.2, 0.25) is 0 Å². The van der Waals surface area contributed by atoms with Crippen LogP contribution in [-0.2, 0) is 9.53 Å². The van der Waals surface area contributed by atoms with E-state index < -0.39 is 0 Å². The maximum atomic E-state index is 11.5. The maximum Gasteiger partial charge on any atom is 0.333 e. The van der Waals surface area contributed by atoms with Crippen LogP contribution < -0.4 is 0 Å². The van der Waals surface area contributed by atoms with Crippen molar-refractivity contribution in [1.82, 2.24) is 0 Å². The molecule has 2 aliphatic rings. The molecule has 2 aliphatic carbocycles. The Morgan fingerprint density at radius 1 is 1.64 bits per heavy atom. The van der Waals surface area contributed by atoms with Crippen LogP contribution in [0.1, 0.15) is 26.7 Å². The number of hydrogen-bond donors (Lipinski definition) is 0. The molecule has 0 spiro atoms. The van der Waals surface area contributed by atoms with Crippen LogP contribution in [0.15, 0.2) is 24.3 Å². The van der Waals surface area contributed by atoms with Crippen molar-refractivity contribution >= 4 is 5.97 Å². The van der Waals surface area contributed by atoms with E-state index in [1.165, 1.54) is 0 Å². The number of fused-ring (bicyclic) bond motifs is 2. The number of esters is 1. The van der Waals surface area contributed by atoms with Crippen molar-refractivity contribution in [2.45, 2.75) is 32.3 Å². The lowest BCUT2D eigenvalue weighted by Crippen LogP contribution is -2.35. The lowest BCUT2D eigenvalue weighted by atomic mass is 9.91. The fourth-order valence-corrected chi connectivity index (χ4v) is 2.46. The Balaban J connectivity index is 2.14. The lowest BCUT2D eigenvalue weighted by molar-refractivity contribution is -0.152. The molecule has 3 unspecified atom stereocenters. The fraction of sp³-hybridized carbons (Fsp3) is 0.583.